The Morgan fingerprint density at radius 2 is 1.50 bits per heavy atom. The van der Waals surface area contributed by atoms with Gasteiger partial charge in [0.25, 0.3) is 0 Å². The molecular weight excluding hydrogens is 288 g/mol. The van der Waals surface area contributed by atoms with Crippen LogP contribution in [0.25, 0.3) is 0 Å². The average molecular weight is 306 g/mol. The van der Waals surface area contributed by atoms with Crippen molar-refractivity contribution in [3.63, 3.8) is 0 Å². The molecule has 6 fully saturated rings. The van der Waals surface area contributed by atoms with Gasteiger partial charge in [0, 0.05) is 0 Å². The lowest BCUT2D eigenvalue weighted by Gasteiger charge is -3.11. The van der Waals surface area contributed by atoms with Crippen molar-refractivity contribution in [1.29, 1.82) is 0 Å². The zero-order chi connectivity index (χ0) is 16.0. The molecule has 6 saturated carbocycles. The first-order valence-corrected chi connectivity index (χ1v) is 7.71. The summed E-state index contributed by atoms with van der Waals surface area (Å²) in [6.45, 7) is 5.35. The first-order chi connectivity index (χ1) is 10.2. The summed E-state index contributed by atoms with van der Waals surface area (Å²) in [6.07, 6.45) is 0. The third-order valence-corrected chi connectivity index (χ3v) is 7.42. The van der Waals surface area contributed by atoms with E-state index in [-0.39, 0.29) is 35.6 Å². The SMILES string of the molecule is COC(=O)C12C3C4C1C1C4(C(=O)O)C3C12C(=O)OC(C)(C)C. The molecule has 4 atom stereocenters. The number of hydrogen-bond donors (Lipinski definition) is 1. The van der Waals surface area contributed by atoms with Crippen molar-refractivity contribution in [2.75, 3.05) is 7.11 Å². The Balaban J connectivity index is 1.57. The molecule has 1 N–H and O–H groups in total. The van der Waals surface area contributed by atoms with Crippen molar-refractivity contribution in [2.24, 2.45) is 45.8 Å². The lowest BCUT2D eigenvalue weighted by atomic mass is 8.88. The summed E-state index contributed by atoms with van der Waals surface area (Å²) in [5.74, 6) is -1.92. The number of carboxylic acid groups (broad SMARTS) is 1. The van der Waals surface area contributed by atoms with Gasteiger partial charge in [-0.05, 0) is 50.4 Å². The van der Waals surface area contributed by atoms with Crippen LogP contribution in [0.3, 0.4) is 0 Å². The molecule has 0 aromatic carbocycles. The number of carbonyl (C=O) groups is 3. The van der Waals surface area contributed by atoms with E-state index in [1.54, 1.807) is 20.8 Å². The van der Waals surface area contributed by atoms with Gasteiger partial charge in [-0.1, -0.05) is 0 Å². The Morgan fingerprint density at radius 3 is 1.91 bits per heavy atom. The van der Waals surface area contributed by atoms with Crippen LogP contribution >= 0.6 is 0 Å². The monoisotopic (exact) mass is 306 g/mol. The molecule has 6 rings (SSSR count). The zero-order valence-electron chi connectivity index (χ0n) is 12.9. The quantitative estimate of drug-likeness (QED) is 0.772. The number of rotatable bonds is 3. The summed E-state index contributed by atoms with van der Waals surface area (Å²) < 4.78 is 10.5. The minimum atomic E-state index is -0.921. The number of aliphatic carboxylic acids is 1. The Kier molecular flexibility index (Phi) is 1.65. The first-order valence-electron chi connectivity index (χ1n) is 7.71. The van der Waals surface area contributed by atoms with Gasteiger partial charge in [0.05, 0.1) is 23.4 Å². The maximum absolute atomic E-state index is 12.8. The Labute approximate surface area is 127 Å². The van der Waals surface area contributed by atoms with Crippen molar-refractivity contribution >= 4 is 17.9 Å². The van der Waals surface area contributed by atoms with Gasteiger partial charge in [0.15, 0.2) is 0 Å². The third kappa shape index (κ3) is 0.683. The lowest BCUT2D eigenvalue weighted by molar-refractivity contribution is -0.658. The van der Waals surface area contributed by atoms with Crippen LogP contribution in [-0.2, 0) is 23.9 Å². The average Bonchev–Trinajstić information content (AvgIpc) is 2.43. The molecule has 0 heterocycles. The van der Waals surface area contributed by atoms with E-state index in [0.29, 0.717) is 0 Å². The van der Waals surface area contributed by atoms with Gasteiger partial charge in [-0.2, -0.15) is 0 Å². The van der Waals surface area contributed by atoms with E-state index in [4.69, 9.17) is 9.47 Å². The van der Waals surface area contributed by atoms with Crippen molar-refractivity contribution < 1.29 is 29.0 Å². The van der Waals surface area contributed by atoms with Gasteiger partial charge < -0.3 is 14.6 Å². The highest BCUT2D eigenvalue weighted by atomic mass is 16.6. The molecule has 0 spiro atoms. The number of carbonyl (C=O) groups excluding carboxylic acids is 2. The van der Waals surface area contributed by atoms with Gasteiger partial charge in [-0.3, -0.25) is 14.4 Å². The van der Waals surface area contributed by atoms with Crippen molar-refractivity contribution in [3.05, 3.63) is 0 Å². The summed E-state index contributed by atoms with van der Waals surface area (Å²) in [7, 11) is 1.33. The van der Waals surface area contributed by atoms with Crippen LogP contribution in [0, 0.1) is 45.8 Å². The fraction of sp³-hybridized carbons (Fsp3) is 0.812. The maximum Gasteiger partial charge on any atom is 0.314 e. The molecule has 0 bridgehead atoms. The van der Waals surface area contributed by atoms with E-state index in [9.17, 15) is 19.5 Å². The predicted molar refractivity (Wildman–Crippen MR) is 70.2 cm³/mol. The van der Waals surface area contributed by atoms with E-state index in [1.165, 1.54) is 7.11 Å². The summed E-state index contributed by atoms with van der Waals surface area (Å²) >= 11 is 0. The number of ether oxygens (including phenoxy) is 2. The Hall–Kier alpha value is -1.59. The van der Waals surface area contributed by atoms with Crippen LogP contribution in [0.15, 0.2) is 0 Å². The van der Waals surface area contributed by atoms with Crippen LogP contribution in [0.1, 0.15) is 20.8 Å². The van der Waals surface area contributed by atoms with Gasteiger partial charge in [-0.15, -0.1) is 0 Å². The van der Waals surface area contributed by atoms with Gasteiger partial charge >= 0.3 is 17.9 Å². The smallest absolute Gasteiger partial charge is 0.314 e. The molecular formula is C16H18O6. The van der Waals surface area contributed by atoms with Crippen molar-refractivity contribution in [2.45, 2.75) is 26.4 Å². The number of methoxy groups -OCH3 is 1. The molecule has 0 radical (unpaired) electrons. The first kappa shape index (κ1) is 12.9. The Morgan fingerprint density at radius 1 is 0.955 bits per heavy atom. The van der Waals surface area contributed by atoms with E-state index >= 15 is 0 Å². The largest absolute Gasteiger partial charge is 0.481 e. The molecule has 6 heteroatoms. The molecule has 0 amide bonds. The second-order valence-electron chi connectivity index (χ2n) is 8.50. The zero-order valence-corrected chi connectivity index (χ0v) is 12.9. The third-order valence-electron chi connectivity index (χ3n) is 7.42. The topological polar surface area (TPSA) is 89.9 Å². The van der Waals surface area contributed by atoms with Crippen molar-refractivity contribution in [1.82, 2.24) is 0 Å². The minimum absolute atomic E-state index is 0.0126. The molecule has 6 nitrogen and oxygen atoms in total. The summed E-state index contributed by atoms with van der Waals surface area (Å²) in [6, 6.07) is 0. The van der Waals surface area contributed by atoms with Crippen LogP contribution in [-0.4, -0.2) is 35.7 Å². The highest BCUT2D eigenvalue weighted by Crippen LogP contribution is 3.14. The molecule has 0 saturated heterocycles. The second-order valence-corrected chi connectivity index (χ2v) is 8.50. The minimum Gasteiger partial charge on any atom is -0.481 e. The number of hydrogen-bond acceptors (Lipinski definition) is 5. The van der Waals surface area contributed by atoms with E-state index < -0.39 is 33.8 Å². The number of carboxylic acids is 1. The summed E-state index contributed by atoms with van der Waals surface area (Å²) in [5, 5.41) is 9.60. The van der Waals surface area contributed by atoms with Crippen LogP contribution < -0.4 is 0 Å². The molecule has 6 aliphatic rings. The number of esters is 2. The fourth-order valence-electron chi connectivity index (χ4n) is 7.49. The second kappa shape index (κ2) is 2.81. The van der Waals surface area contributed by atoms with Crippen LogP contribution in [0.4, 0.5) is 0 Å². The van der Waals surface area contributed by atoms with Gasteiger partial charge in [-0.25, -0.2) is 0 Å². The van der Waals surface area contributed by atoms with Crippen LogP contribution in [0.5, 0.6) is 0 Å². The normalized spacial score (nSPS) is 57.0. The molecule has 22 heavy (non-hydrogen) atoms. The molecule has 6 aliphatic carbocycles. The molecule has 0 aromatic rings. The maximum atomic E-state index is 12.8. The molecule has 0 aliphatic heterocycles. The highest BCUT2D eigenvalue weighted by Gasteiger charge is 3.21. The predicted octanol–water partition coefficient (Wildman–Crippen LogP) is 0.694. The van der Waals surface area contributed by atoms with Gasteiger partial charge in [0.1, 0.15) is 5.60 Å². The summed E-state index contributed by atoms with van der Waals surface area (Å²) in [5.41, 5.74) is -3.10. The van der Waals surface area contributed by atoms with Crippen molar-refractivity contribution in [3.8, 4) is 0 Å². The van der Waals surface area contributed by atoms with Gasteiger partial charge in [0.2, 0.25) is 0 Å². The molecule has 118 valence electrons. The molecule has 0 aromatic heterocycles. The highest BCUT2D eigenvalue weighted by molar-refractivity contribution is 6.07. The van der Waals surface area contributed by atoms with E-state index in [0.717, 1.165) is 0 Å². The Bertz CT molecular complexity index is 665. The van der Waals surface area contributed by atoms with E-state index in [2.05, 4.69) is 0 Å². The summed E-state index contributed by atoms with van der Waals surface area (Å²) in [4.78, 5) is 36.9. The van der Waals surface area contributed by atoms with E-state index in [1.807, 2.05) is 0 Å². The van der Waals surface area contributed by atoms with Crippen LogP contribution in [0.2, 0.25) is 0 Å². The fourth-order valence-corrected chi connectivity index (χ4v) is 7.49. The lowest BCUT2D eigenvalue weighted by Crippen LogP contribution is -3.17. The molecule has 4 unspecified atom stereocenters. The standard InChI is InChI=1S/C16H18O6/c1-13(2,3)22-12(20)16-8-6-5-7(15(6,16)11(19)21-4)9(16)14(5,8)10(17)18/h5-9H,1-4H3,(H,17,18).